The van der Waals surface area contributed by atoms with E-state index in [2.05, 4.69) is 5.32 Å². The van der Waals surface area contributed by atoms with Crippen LogP contribution in [0.4, 0.5) is 0 Å². The predicted molar refractivity (Wildman–Crippen MR) is 62.2 cm³/mol. The molecule has 3 N–H and O–H groups in total. The molecule has 1 rings (SSSR count). The van der Waals surface area contributed by atoms with E-state index in [9.17, 15) is 9.59 Å². The van der Waals surface area contributed by atoms with Crippen LogP contribution in [0.25, 0.3) is 0 Å². The lowest BCUT2D eigenvalue weighted by Gasteiger charge is -2.10. The maximum absolute atomic E-state index is 11.5. The fraction of sp³-hybridized carbons (Fsp3) is 0.600. The highest BCUT2D eigenvalue weighted by atomic mass is 32.2. The highest BCUT2D eigenvalue weighted by Crippen LogP contribution is 2.29. The van der Waals surface area contributed by atoms with E-state index in [-0.39, 0.29) is 29.2 Å². The first-order valence-electron chi connectivity index (χ1n) is 5.11. The second-order valence-corrected chi connectivity index (χ2v) is 4.28. The molecule has 90 valence electrons. The zero-order valence-corrected chi connectivity index (χ0v) is 10.2. The molecule has 1 saturated carbocycles. The highest BCUT2D eigenvalue weighted by Gasteiger charge is 2.31. The van der Waals surface area contributed by atoms with E-state index in [0.717, 1.165) is 12.8 Å². The zero-order valence-electron chi connectivity index (χ0n) is 9.41. The summed E-state index contributed by atoms with van der Waals surface area (Å²) < 4.78 is 4.82. The standard InChI is InChI=1S/C10H16N2O3S/c1-3-15-10(14)7(8(11)16-2)12-9(13)6-4-5-6/h6H,3-5,11H2,1-2H3,(H,12,13)/b8-7+. The summed E-state index contributed by atoms with van der Waals surface area (Å²) in [6.07, 6.45) is 3.49. The van der Waals surface area contributed by atoms with Crippen LogP contribution in [0.1, 0.15) is 19.8 Å². The molecule has 0 aliphatic heterocycles. The quantitative estimate of drug-likeness (QED) is 0.545. The van der Waals surface area contributed by atoms with E-state index in [0.29, 0.717) is 0 Å². The van der Waals surface area contributed by atoms with E-state index < -0.39 is 5.97 Å². The van der Waals surface area contributed by atoms with Gasteiger partial charge in [0.15, 0.2) is 5.70 Å². The third-order valence-electron chi connectivity index (χ3n) is 2.14. The molecule has 0 radical (unpaired) electrons. The highest BCUT2D eigenvalue weighted by molar-refractivity contribution is 8.02. The molecular weight excluding hydrogens is 228 g/mol. The van der Waals surface area contributed by atoms with Crippen LogP contribution >= 0.6 is 11.8 Å². The number of nitrogens with two attached hydrogens (primary N) is 1. The number of amides is 1. The Morgan fingerprint density at radius 2 is 2.12 bits per heavy atom. The molecule has 0 heterocycles. The summed E-state index contributed by atoms with van der Waals surface area (Å²) in [5.41, 5.74) is 5.71. The number of carbonyl (C=O) groups is 2. The number of esters is 1. The van der Waals surface area contributed by atoms with E-state index in [1.54, 1.807) is 13.2 Å². The Bertz CT molecular complexity index is 324. The molecule has 0 atom stereocenters. The second-order valence-electron chi connectivity index (χ2n) is 3.43. The van der Waals surface area contributed by atoms with E-state index in [1.807, 2.05) is 0 Å². The minimum Gasteiger partial charge on any atom is -0.461 e. The van der Waals surface area contributed by atoms with Crippen LogP contribution in [0.3, 0.4) is 0 Å². The lowest BCUT2D eigenvalue weighted by molar-refractivity contribution is -0.140. The molecule has 5 nitrogen and oxygen atoms in total. The van der Waals surface area contributed by atoms with Crippen molar-refractivity contribution in [2.45, 2.75) is 19.8 Å². The topological polar surface area (TPSA) is 81.4 Å². The fourth-order valence-electron chi connectivity index (χ4n) is 1.09. The minimum absolute atomic E-state index is 0.0269. The Balaban J connectivity index is 2.70. The Labute approximate surface area is 98.8 Å². The van der Waals surface area contributed by atoms with E-state index in [4.69, 9.17) is 10.5 Å². The molecule has 0 bridgehead atoms. The normalized spacial score (nSPS) is 16.4. The summed E-state index contributed by atoms with van der Waals surface area (Å²) in [6.45, 7) is 1.96. The average molecular weight is 244 g/mol. The van der Waals surface area contributed by atoms with Crippen LogP contribution in [0.15, 0.2) is 10.7 Å². The number of thioether (sulfide) groups is 1. The largest absolute Gasteiger partial charge is 0.461 e. The molecule has 1 aliphatic carbocycles. The molecule has 0 spiro atoms. The van der Waals surface area contributed by atoms with E-state index in [1.165, 1.54) is 11.8 Å². The van der Waals surface area contributed by atoms with Gasteiger partial charge in [-0.25, -0.2) is 4.79 Å². The van der Waals surface area contributed by atoms with Gasteiger partial charge in [-0.3, -0.25) is 4.79 Å². The van der Waals surface area contributed by atoms with Crippen LogP contribution in [-0.4, -0.2) is 24.7 Å². The number of carbonyl (C=O) groups excluding carboxylic acids is 2. The van der Waals surface area contributed by atoms with Gasteiger partial charge >= 0.3 is 5.97 Å². The Morgan fingerprint density at radius 1 is 1.50 bits per heavy atom. The molecule has 6 heteroatoms. The Morgan fingerprint density at radius 3 is 2.56 bits per heavy atom. The molecule has 0 aromatic rings. The number of hydrogen-bond acceptors (Lipinski definition) is 5. The smallest absolute Gasteiger partial charge is 0.357 e. The van der Waals surface area contributed by atoms with Crippen molar-refractivity contribution in [1.29, 1.82) is 0 Å². The number of hydrogen-bond donors (Lipinski definition) is 2. The predicted octanol–water partition coefficient (Wildman–Crippen LogP) is 0.567. The molecular formula is C10H16N2O3S. The van der Waals surface area contributed by atoms with Gasteiger partial charge in [-0.15, -0.1) is 11.8 Å². The maximum Gasteiger partial charge on any atom is 0.357 e. The first kappa shape index (κ1) is 12.9. The van der Waals surface area contributed by atoms with Gasteiger partial charge in [-0.2, -0.15) is 0 Å². The van der Waals surface area contributed by atoms with Gasteiger partial charge in [0.1, 0.15) is 0 Å². The number of nitrogens with one attached hydrogen (secondary N) is 1. The fourth-order valence-corrected chi connectivity index (χ4v) is 1.43. The molecule has 0 aromatic heterocycles. The van der Waals surface area contributed by atoms with Gasteiger partial charge in [0.25, 0.3) is 0 Å². The van der Waals surface area contributed by atoms with Crippen LogP contribution in [0, 0.1) is 5.92 Å². The summed E-state index contributed by atoms with van der Waals surface area (Å²) >= 11 is 1.20. The van der Waals surface area contributed by atoms with Gasteiger partial charge in [0, 0.05) is 5.92 Å². The lowest BCUT2D eigenvalue weighted by atomic mass is 10.3. The Kier molecular flexibility index (Phi) is 4.67. The SMILES string of the molecule is CCOC(=O)/C(NC(=O)C1CC1)=C(/N)SC. The monoisotopic (exact) mass is 244 g/mol. The van der Waals surface area contributed by atoms with Gasteiger partial charge in [-0.1, -0.05) is 0 Å². The van der Waals surface area contributed by atoms with Crippen molar-refractivity contribution in [3.05, 3.63) is 10.7 Å². The summed E-state index contributed by atoms with van der Waals surface area (Å²) in [6, 6.07) is 0. The van der Waals surface area contributed by atoms with Gasteiger partial charge in [0.2, 0.25) is 5.91 Å². The molecule has 1 aliphatic rings. The molecule has 1 fully saturated rings. The van der Waals surface area contributed by atoms with Crippen molar-refractivity contribution in [1.82, 2.24) is 5.32 Å². The van der Waals surface area contributed by atoms with Gasteiger partial charge < -0.3 is 15.8 Å². The van der Waals surface area contributed by atoms with Crippen molar-refractivity contribution in [3.63, 3.8) is 0 Å². The van der Waals surface area contributed by atoms with E-state index >= 15 is 0 Å². The average Bonchev–Trinajstić information content (AvgIpc) is 3.08. The van der Waals surface area contributed by atoms with Crippen LogP contribution in [0.5, 0.6) is 0 Å². The Hall–Kier alpha value is -1.17. The number of ether oxygens (including phenoxy) is 1. The van der Waals surface area contributed by atoms with Gasteiger partial charge in [-0.05, 0) is 26.0 Å². The molecule has 0 saturated heterocycles. The molecule has 0 unspecified atom stereocenters. The van der Waals surface area contributed by atoms with Gasteiger partial charge in [0.05, 0.1) is 11.6 Å². The van der Waals surface area contributed by atoms with Crippen molar-refractivity contribution in [2.24, 2.45) is 11.7 Å². The third-order valence-corrected chi connectivity index (χ3v) is 2.79. The summed E-state index contributed by atoms with van der Waals surface area (Å²) in [7, 11) is 0. The minimum atomic E-state index is -0.580. The molecule has 0 aromatic carbocycles. The van der Waals surface area contributed by atoms with Crippen LogP contribution < -0.4 is 11.1 Å². The number of rotatable bonds is 5. The molecule has 16 heavy (non-hydrogen) atoms. The first-order chi connectivity index (χ1) is 7.60. The summed E-state index contributed by atoms with van der Waals surface area (Å²) in [5, 5.41) is 2.81. The third kappa shape index (κ3) is 3.44. The summed E-state index contributed by atoms with van der Waals surface area (Å²) in [4.78, 5) is 23.1. The zero-order chi connectivity index (χ0) is 12.1. The lowest BCUT2D eigenvalue weighted by Crippen LogP contribution is -2.32. The first-order valence-corrected chi connectivity index (χ1v) is 6.34. The van der Waals surface area contributed by atoms with Crippen molar-refractivity contribution in [3.8, 4) is 0 Å². The van der Waals surface area contributed by atoms with Crippen molar-refractivity contribution >= 4 is 23.6 Å². The van der Waals surface area contributed by atoms with Crippen LogP contribution in [0.2, 0.25) is 0 Å². The van der Waals surface area contributed by atoms with Crippen LogP contribution in [-0.2, 0) is 14.3 Å². The second kappa shape index (κ2) is 5.79. The van der Waals surface area contributed by atoms with Crippen molar-refractivity contribution < 1.29 is 14.3 Å². The maximum atomic E-state index is 11.5. The summed E-state index contributed by atoms with van der Waals surface area (Å²) in [5.74, 6) is -0.706. The molecule has 1 amide bonds. The van der Waals surface area contributed by atoms with Crippen molar-refractivity contribution in [2.75, 3.05) is 12.9 Å².